The lowest BCUT2D eigenvalue weighted by molar-refractivity contribution is 0.571. The molecule has 0 radical (unpaired) electrons. The highest BCUT2D eigenvalue weighted by Crippen LogP contribution is 2.26. The maximum atomic E-state index is 2.31. The number of thiophene rings is 1. The third-order valence-corrected chi connectivity index (χ3v) is 3.59. The van der Waals surface area contributed by atoms with Gasteiger partial charge in [-0.2, -0.15) is 0 Å². The molecule has 0 spiro atoms. The second kappa shape index (κ2) is 3.44. The Morgan fingerprint density at radius 1 is 1.42 bits per heavy atom. The molecule has 1 heterocycles. The molecule has 1 aliphatic rings. The Balaban J connectivity index is 1.99. The molecule has 0 aromatic carbocycles. The Bertz CT molecular complexity index is 275. The minimum absolute atomic E-state index is 0.891. The van der Waals surface area contributed by atoms with Crippen molar-refractivity contribution in [3.05, 3.63) is 34.0 Å². The third kappa shape index (κ3) is 1.61. The molecule has 1 aliphatic carbocycles. The van der Waals surface area contributed by atoms with Crippen LogP contribution < -0.4 is 0 Å². The normalized spacial score (nSPS) is 17.4. The van der Waals surface area contributed by atoms with E-state index in [1.807, 2.05) is 11.3 Å². The third-order valence-electron chi connectivity index (χ3n) is 2.55. The van der Waals surface area contributed by atoms with Crippen molar-refractivity contribution in [2.45, 2.75) is 26.2 Å². The summed E-state index contributed by atoms with van der Waals surface area (Å²) < 4.78 is 0. The van der Waals surface area contributed by atoms with Gasteiger partial charge in [0.2, 0.25) is 0 Å². The molecule has 0 saturated heterocycles. The Morgan fingerprint density at radius 3 is 2.75 bits per heavy atom. The number of rotatable bonds is 2. The fourth-order valence-corrected chi connectivity index (χ4v) is 2.74. The second-order valence-corrected chi connectivity index (χ2v) is 4.54. The molecule has 1 aromatic rings. The molecule has 12 heavy (non-hydrogen) atoms. The van der Waals surface area contributed by atoms with E-state index in [-0.39, 0.29) is 0 Å². The van der Waals surface area contributed by atoms with Crippen molar-refractivity contribution in [2.24, 2.45) is 5.92 Å². The molecule has 1 heteroatoms. The zero-order valence-electron chi connectivity index (χ0n) is 7.42. The number of hydrogen-bond acceptors (Lipinski definition) is 1. The Labute approximate surface area is 77.9 Å². The lowest BCUT2D eigenvalue weighted by Gasteiger charge is -2.07. The fraction of sp³-hybridized carbons (Fsp3) is 0.455. The minimum atomic E-state index is 0.891. The summed E-state index contributed by atoms with van der Waals surface area (Å²) >= 11 is 1.91. The van der Waals surface area contributed by atoms with Gasteiger partial charge in [0.25, 0.3) is 0 Å². The SMILES string of the molecule is Cc1ccsc1CC1CC=CC1. The molecule has 64 valence electrons. The van der Waals surface area contributed by atoms with Crippen LogP contribution in [-0.4, -0.2) is 0 Å². The van der Waals surface area contributed by atoms with Gasteiger partial charge < -0.3 is 0 Å². The Kier molecular flexibility index (Phi) is 2.31. The van der Waals surface area contributed by atoms with Gasteiger partial charge in [0, 0.05) is 4.88 Å². The molecule has 1 aromatic heterocycles. The van der Waals surface area contributed by atoms with Crippen molar-refractivity contribution in [1.29, 1.82) is 0 Å². The zero-order valence-corrected chi connectivity index (χ0v) is 8.23. The highest BCUT2D eigenvalue weighted by molar-refractivity contribution is 7.10. The van der Waals surface area contributed by atoms with Gasteiger partial charge in [-0.05, 0) is 49.1 Å². The minimum Gasteiger partial charge on any atom is -0.149 e. The molecule has 0 fully saturated rings. The van der Waals surface area contributed by atoms with Crippen molar-refractivity contribution < 1.29 is 0 Å². The molecule has 0 atom stereocenters. The van der Waals surface area contributed by atoms with Crippen LogP contribution in [0.15, 0.2) is 23.6 Å². The lowest BCUT2D eigenvalue weighted by atomic mass is 10.0. The lowest BCUT2D eigenvalue weighted by Crippen LogP contribution is -1.98. The molecular weight excluding hydrogens is 164 g/mol. The van der Waals surface area contributed by atoms with E-state index in [9.17, 15) is 0 Å². The van der Waals surface area contributed by atoms with Crippen LogP contribution in [0.1, 0.15) is 23.3 Å². The fourth-order valence-electron chi connectivity index (χ4n) is 1.72. The molecule has 0 N–H and O–H groups in total. The molecule has 0 saturated carbocycles. The van der Waals surface area contributed by atoms with Crippen molar-refractivity contribution in [1.82, 2.24) is 0 Å². The topological polar surface area (TPSA) is 0 Å². The summed E-state index contributed by atoms with van der Waals surface area (Å²) in [5.74, 6) is 0.891. The molecule has 0 unspecified atom stereocenters. The molecule has 0 nitrogen and oxygen atoms in total. The first kappa shape index (κ1) is 8.06. The van der Waals surface area contributed by atoms with Crippen LogP contribution in [-0.2, 0) is 6.42 Å². The van der Waals surface area contributed by atoms with Crippen LogP contribution in [0, 0.1) is 12.8 Å². The summed E-state index contributed by atoms with van der Waals surface area (Å²) in [7, 11) is 0. The first-order valence-corrected chi connectivity index (χ1v) is 5.42. The summed E-state index contributed by atoms with van der Waals surface area (Å²) in [6.45, 7) is 2.22. The molecule has 0 bridgehead atoms. The van der Waals surface area contributed by atoms with Gasteiger partial charge in [0.15, 0.2) is 0 Å². The van der Waals surface area contributed by atoms with Gasteiger partial charge in [0.1, 0.15) is 0 Å². The maximum Gasteiger partial charge on any atom is 0.00773 e. The van der Waals surface area contributed by atoms with E-state index in [4.69, 9.17) is 0 Å². The van der Waals surface area contributed by atoms with E-state index >= 15 is 0 Å². The number of allylic oxidation sites excluding steroid dienone is 2. The average molecular weight is 178 g/mol. The van der Waals surface area contributed by atoms with Gasteiger partial charge >= 0.3 is 0 Å². The monoisotopic (exact) mass is 178 g/mol. The predicted molar refractivity (Wildman–Crippen MR) is 54.6 cm³/mol. The summed E-state index contributed by atoms with van der Waals surface area (Å²) in [6, 6.07) is 2.22. The highest BCUT2D eigenvalue weighted by atomic mass is 32.1. The standard InChI is InChI=1S/C11H14S/c1-9-6-7-12-11(9)8-10-4-2-3-5-10/h2-3,6-7,10H,4-5,8H2,1H3. The van der Waals surface area contributed by atoms with Crippen molar-refractivity contribution in [3.8, 4) is 0 Å². The first-order chi connectivity index (χ1) is 5.86. The van der Waals surface area contributed by atoms with Crippen LogP contribution in [0.5, 0.6) is 0 Å². The average Bonchev–Trinajstić information content (AvgIpc) is 2.65. The van der Waals surface area contributed by atoms with E-state index < -0.39 is 0 Å². The van der Waals surface area contributed by atoms with E-state index in [1.165, 1.54) is 24.8 Å². The Hall–Kier alpha value is -0.560. The van der Waals surface area contributed by atoms with Gasteiger partial charge in [0.05, 0.1) is 0 Å². The van der Waals surface area contributed by atoms with Crippen LogP contribution in [0.3, 0.4) is 0 Å². The van der Waals surface area contributed by atoms with Crippen LogP contribution in [0.25, 0.3) is 0 Å². The van der Waals surface area contributed by atoms with Crippen LogP contribution in [0.4, 0.5) is 0 Å². The molecule has 0 aliphatic heterocycles. The van der Waals surface area contributed by atoms with Gasteiger partial charge in [-0.3, -0.25) is 0 Å². The van der Waals surface area contributed by atoms with Gasteiger partial charge in [-0.1, -0.05) is 12.2 Å². The maximum absolute atomic E-state index is 2.31. The van der Waals surface area contributed by atoms with Gasteiger partial charge in [-0.15, -0.1) is 11.3 Å². The largest absolute Gasteiger partial charge is 0.149 e. The quantitative estimate of drug-likeness (QED) is 0.607. The molecule has 0 amide bonds. The first-order valence-electron chi connectivity index (χ1n) is 4.54. The number of hydrogen-bond donors (Lipinski definition) is 0. The van der Waals surface area contributed by atoms with E-state index in [2.05, 4.69) is 30.5 Å². The van der Waals surface area contributed by atoms with Crippen LogP contribution in [0.2, 0.25) is 0 Å². The van der Waals surface area contributed by atoms with E-state index in [0.717, 1.165) is 5.92 Å². The van der Waals surface area contributed by atoms with Crippen LogP contribution >= 0.6 is 11.3 Å². The predicted octanol–water partition coefficient (Wildman–Crippen LogP) is 3.57. The van der Waals surface area contributed by atoms with Gasteiger partial charge in [-0.25, -0.2) is 0 Å². The zero-order chi connectivity index (χ0) is 8.39. The summed E-state index contributed by atoms with van der Waals surface area (Å²) in [4.78, 5) is 1.59. The summed E-state index contributed by atoms with van der Waals surface area (Å²) in [5, 5.41) is 2.20. The van der Waals surface area contributed by atoms with E-state index in [1.54, 1.807) is 4.88 Å². The highest BCUT2D eigenvalue weighted by Gasteiger charge is 2.12. The number of aryl methyl sites for hydroxylation is 1. The molecule has 2 rings (SSSR count). The van der Waals surface area contributed by atoms with Crippen molar-refractivity contribution in [2.75, 3.05) is 0 Å². The summed E-state index contributed by atoms with van der Waals surface area (Å²) in [5.41, 5.74) is 1.48. The molecular formula is C11H14S. The van der Waals surface area contributed by atoms with Crippen molar-refractivity contribution >= 4 is 11.3 Å². The van der Waals surface area contributed by atoms with Crippen molar-refractivity contribution in [3.63, 3.8) is 0 Å². The smallest absolute Gasteiger partial charge is 0.00773 e. The summed E-state index contributed by atoms with van der Waals surface area (Å²) in [6.07, 6.45) is 8.49. The second-order valence-electron chi connectivity index (χ2n) is 3.54. The Morgan fingerprint density at radius 2 is 2.17 bits per heavy atom. The van der Waals surface area contributed by atoms with E-state index in [0.29, 0.717) is 0 Å².